The zero-order valence-corrected chi connectivity index (χ0v) is 10.5. The van der Waals surface area contributed by atoms with Crippen molar-refractivity contribution in [2.24, 2.45) is 0 Å². The number of amides is 1. The zero-order valence-electron chi connectivity index (χ0n) is 10.5. The average molecular weight is 249 g/mol. The van der Waals surface area contributed by atoms with E-state index in [4.69, 9.17) is 11.5 Å². The Bertz CT molecular complexity index is 420. The maximum atomic E-state index is 12.0. The highest BCUT2D eigenvalue weighted by Crippen LogP contribution is 2.13. The molecule has 1 amide bonds. The monoisotopic (exact) mass is 249 g/mol. The van der Waals surface area contributed by atoms with Crippen LogP contribution in [0, 0.1) is 0 Å². The van der Waals surface area contributed by atoms with Gasteiger partial charge in [0, 0.05) is 43.1 Å². The number of hydrogen-bond acceptors (Lipinski definition) is 5. The Labute approximate surface area is 106 Å². The number of nitrogens with two attached hydrogens (primary N) is 2. The fourth-order valence-electron chi connectivity index (χ4n) is 1.93. The van der Waals surface area contributed by atoms with E-state index in [2.05, 4.69) is 17.4 Å². The Hall–Kier alpha value is -1.79. The predicted molar refractivity (Wildman–Crippen MR) is 71.8 cm³/mol. The first kappa shape index (κ1) is 12.7. The lowest BCUT2D eigenvalue weighted by Gasteiger charge is -2.32. The second-order valence-electron chi connectivity index (χ2n) is 4.62. The van der Waals surface area contributed by atoms with Crippen LogP contribution in [0.2, 0.25) is 0 Å². The van der Waals surface area contributed by atoms with E-state index in [-0.39, 0.29) is 5.91 Å². The minimum Gasteiger partial charge on any atom is -0.399 e. The van der Waals surface area contributed by atoms with Crippen molar-refractivity contribution in [3.8, 4) is 0 Å². The van der Waals surface area contributed by atoms with Gasteiger partial charge in [0.15, 0.2) is 0 Å². The fourth-order valence-corrected chi connectivity index (χ4v) is 1.93. The molecule has 1 aliphatic rings. The Balaban J connectivity index is 1.99. The summed E-state index contributed by atoms with van der Waals surface area (Å²) in [6.07, 6.45) is 0. The number of piperazine rings is 1. The van der Waals surface area contributed by atoms with Crippen LogP contribution in [0.25, 0.3) is 0 Å². The fraction of sp³-hybridized carbons (Fsp3) is 0.417. The molecule has 5 N–H and O–H groups in total. The quantitative estimate of drug-likeness (QED) is 0.629. The number of carbonyl (C=O) groups is 1. The van der Waals surface area contributed by atoms with Crippen LogP contribution in [0.3, 0.4) is 0 Å². The van der Waals surface area contributed by atoms with Crippen molar-refractivity contribution >= 4 is 17.3 Å². The van der Waals surface area contributed by atoms with Gasteiger partial charge in [-0.05, 0) is 25.2 Å². The number of benzene rings is 1. The molecular formula is C12H19N5O. The third-order valence-corrected chi connectivity index (χ3v) is 3.00. The van der Waals surface area contributed by atoms with E-state index >= 15 is 0 Å². The number of nitrogen functional groups attached to an aromatic ring is 2. The molecule has 1 heterocycles. The van der Waals surface area contributed by atoms with Crippen molar-refractivity contribution in [3.05, 3.63) is 23.8 Å². The summed E-state index contributed by atoms with van der Waals surface area (Å²) in [6, 6.07) is 4.89. The van der Waals surface area contributed by atoms with Crippen LogP contribution in [-0.4, -0.2) is 49.0 Å². The van der Waals surface area contributed by atoms with Crippen LogP contribution in [0.5, 0.6) is 0 Å². The van der Waals surface area contributed by atoms with E-state index in [1.807, 2.05) is 5.01 Å². The molecule has 1 fully saturated rings. The molecule has 0 unspecified atom stereocenters. The molecule has 2 rings (SSSR count). The number of carbonyl (C=O) groups excluding carboxylic acids is 1. The Kier molecular flexibility index (Phi) is 3.69. The zero-order chi connectivity index (χ0) is 13.1. The van der Waals surface area contributed by atoms with Gasteiger partial charge in [-0.15, -0.1) is 0 Å². The molecule has 0 saturated carbocycles. The number of likely N-dealkylation sites (N-methyl/N-ethyl adjacent to an activating group) is 1. The van der Waals surface area contributed by atoms with Crippen molar-refractivity contribution in [3.63, 3.8) is 0 Å². The van der Waals surface area contributed by atoms with E-state index in [0.717, 1.165) is 26.2 Å². The number of nitrogens with zero attached hydrogens (tertiary/aromatic N) is 2. The molecule has 0 atom stereocenters. The van der Waals surface area contributed by atoms with E-state index < -0.39 is 0 Å². The van der Waals surface area contributed by atoms with Crippen molar-refractivity contribution in [1.29, 1.82) is 0 Å². The lowest BCUT2D eigenvalue weighted by Crippen LogP contribution is -2.52. The lowest BCUT2D eigenvalue weighted by atomic mass is 10.1. The van der Waals surface area contributed by atoms with Gasteiger partial charge in [-0.25, -0.2) is 5.01 Å². The topological polar surface area (TPSA) is 87.6 Å². The van der Waals surface area contributed by atoms with Crippen molar-refractivity contribution in [2.75, 3.05) is 44.7 Å². The summed E-state index contributed by atoms with van der Waals surface area (Å²) >= 11 is 0. The van der Waals surface area contributed by atoms with Crippen molar-refractivity contribution < 1.29 is 4.79 Å². The summed E-state index contributed by atoms with van der Waals surface area (Å²) in [5.74, 6) is -0.168. The SMILES string of the molecule is CN1CCN(NC(=O)c2cc(N)cc(N)c2)CC1. The molecule has 0 aliphatic carbocycles. The number of nitrogens with one attached hydrogen (secondary N) is 1. The van der Waals surface area contributed by atoms with Crippen LogP contribution >= 0.6 is 0 Å². The highest BCUT2D eigenvalue weighted by molar-refractivity contribution is 5.95. The van der Waals surface area contributed by atoms with Gasteiger partial charge in [-0.2, -0.15) is 0 Å². The number of rotatable bonds is 2. The van der Waals surface area contributed by atoms with Gasteiger partial charge >= 0.3 is 0 Å². The minimum atomic E-state index is -0.168. The van der Waals surface area contributed by atoms with E-state index in [9.17, 15) is 4.79 Å². The predicted octanol–water partition coefficient (Wildman–Crippen LogP) is -0.257. The molecule has 18 heavy (non-hydrogen) atoms. The first-order chi connectivity index (χ1) is 8.54. The number of anilines is 2. The lowest BCUT2D eigenvalue weighted by molar-refractivity contribution is 0.0662. The highest BCUT2D eigenvalue weighted by atomic mass is 16.2. The Morgan fingerprint density at radius 1 is 1.11 bits per heavy atom. The van der Waals surface area contributed by atoms with E-state index in [1.54, 1.807) is 18.2 Å². The molecule has 6 nitrogen and oxygen atoms in total. The van der Waals surface area contributed by atoms with Gasteiger partial charge in [0.2, 0.25) is 0 Å². The molecule has 98 valence electrons. The van der Waals surface area contributed by atoms with Gasteiger partial charge in [-0.1, -0.05) is 0 Å². The van der Waals surface area contributed by atoms with Crippen molar-refractivity contribution in [1.82, 2.24) is 15.3 Å². The third kappa shape index (κ3) is 3.12. The van der Waals surface area contributed by atoms with Crippen LogP contribution in [0.15, 0.2) is 18.2 Å². The maximum absolute atomic E-state index is 12.0. The van der Waals surface area contributed by atoms with Gasteiger partial charge in [0.25, 0.3) is 5.91 Å². The summed E-state index contributed by atoms with van der Waals surface area (Å²) in [4.78, 5) is 14.2. The second-order valence-corrected chi connectivity index (χ2v) is 4.62. The minimum absolute atomic E-state index is 0.168. The maximum Gasteiger partial charge on any atom is 0.265 e. The molecule has 1 saturated heterocycles. The summed E-state index contributed by atoms with van der Waals surface area (Å²) in [6.45, 7) is 3.53. The first-order valence-electron chi connectivity index (χ1n) is 5.95. The molecule has 0 bridgehead atoms. The summed E-state index contributed by atoms with van der Waals surface area (Å²) in [5, 5.41) is 1.92. The van der Waals surface area contributed by atoms with Crippen LogP contribution in [0.4, 0.5) is 11.4 Å². The van der Waals surface area contributed by atoms with Crippen LogP contribution in [-0.2, 0) is 0 Å². The van der Waals surface area contributed by atoms with Gasteiger partial charge in [-0.3, -0.25) is 10.2 Å². The van der Waals surface area contributed by atoms with E-state index in [0.29, 0.717) is 16.9 Å². The molecule has 0 aromatic heterocycles. The first-order valence-corrected chi connectivity index (χ1v) is 5.95. The van der Waals surface area contributed by atoms with E-state index in [1.165, 1.54) is 0 Å². The molecule has 1 aromatic rings. The molecule has 0 spiro atoms. The second kappa shape index (κ2) is 5.24. The Morgan fingerprint density at radius 2 is 1.67 bits per heavy atom. The number of hydrogen-bond donors (Lipinski definition) is 3. The van der Waals surface area contributed by atoms with Gasteiger partial charge in [0.05, 0.1) is 0 Å². The molecule has 1 aromatic carbocycles. The summed E-state index contributed by atoms with van der Waals surface area (Å²) < 4.78 is 0. The van der Waals surface area contributed by atoms with Crippen LogP contribution < -0.4 is 16.9 Å². The standard InChI is InChI=1S/C12H19N5O/c1-16-2-4-17(5-3-16)15-12(18)9-6-10(13)8-11(14)7-9/h6-8H,2-5,13-14H2,1H3,(H,15,18). The third-order valence-electron chi connectivity index (χ3n) is 3.00. The van der Waals surface area contributed by atoms with Crippen LogP contribution in [0.1, 0.15) is 10.4 Å². The molecule has 0 radical (unpaired) electrons. The molecular weight excluding hydrogens is 230 g/mol. The molecule has 1 aliphatic heterocycles. The summed E-state index contributed by atoms with van der Waals surface area (Å²) in [7, 11) is 2.07. The summed E-state index contributed by atoms with van der Waals surface area (Å²) in [5.41, 5.74) is 15.7. The smallest absolute Gasteiger partial charge is 0.265 e. The highest BCUT2D eigenvalue weighted by Gasteiger charge is 2.16. The average Bonchev–Trinajstić information content (AvgIpc) is 2.31. The normalized spacial score (nSPS) is 17.6. The molecule has 6 heteroatoms. The van der Waals surface area contributed by atoms with Gasteiger partial charge < -0.3 is 16.4 Å². The van der Waals surface area contributed by atoms with Crippen molar-refractivity contribution in [2.45, 2.75) is 0 Å². The Morgan fingerprint density at radius 3 is 2.22 bits per heavy atom. The largest absolute Gasteiger partial charge is 0.399 e. The number of hydrazine groups is 1. The van der Waals surface area contributed by atoms with Gasteiger partial charge in [0.1, 0.15) is 0 Å².